The molecule has 100 valence electrons. The van der Waals surface area contributed by atoms with Crippen LogP contribution in [0.1, 0.15) is 46.0 Å². The van der Waals surface area contributed by atoms with E-state index in [1.807, 2.05) is 0 Å². The van der Waals surface area contributed by atoms with E-state index in [1.54, 1.807) is 0 Å². The highest BCUT2D eigenvalue weighted by atomic mass is 16.5. The van der Waals surface area contributed by atoms with Crippen molar-refractivity contribution in [2.75, 3.05) is 26.2 Å². The van der Waals surface area contributed by atoms with Gasteiger partial charge in [0.1, 0.15) is 0 Å². The highest BCUT2D eigenvalue weighted by Crippen LogP contribution is 2.29. The summed E-state index contributed by atoms with van der Waals surface area (Å²) in [5, 5.41) is 3.66. The maximum Gasteiger partial charge on any atom is 0.0730 e. The Labute approximate surface area is 106 Å². The fourth-order valence-corrected chi connectivity index (χ4v) is 3.27. The van der Waals surface area contributed by atoms with E-state index in [9.17, 15) is 0 Å². The number of rotatable bonds is 6. The van der Waals surface area contributed by atoms with Crippen LogP contribution in [-0.2, 0) is 4.74 Å². The summed E-state index contributed by atoms with van der Waals surface area (Å²) in [4.78, 5) is 2.65. The predicted molar refractivity (Wildman–Crippen MR) is 71.3 cm³/mol. The van der Waals surface area contributed by atoms with Crippen molar-refractivity contribution in [3.05, 3.63) is 0 Å². The van der Waals surface area contributed by atoms with Gasteiger partial charge in [-0.1, -0.05) is 13.8 Å². The van der Waals surface area contributed by atoms with Crippen molar-refractivity contribution in [1.29, 1.82) is 0 Å². The molecule has 2 fully saturated rings. The smallest absolute Gasteiger partial charge is 0.0730 e. The van der Waals surface area contributed by atoms with Crippen molar-refractivity contribution in [2.24, 2.45) is 0 Å². The first-order valence-corrected chi connectivity index (χ1v) is 7.44. The second-order valence-electron chi connectivity index (χ2n) is 5.41. The van der Waals surface area contributed by atoms with Crippen LogP contribution in [0.15, 0.2) is 0 Å². The van der Waals surface area contributed by atoms with Gasteiger partial charge in [0.05, 0.1) is 12.7 Å². The molecule has 17 heavy (non-hydrogen) atoms. The zero-order chi connectivity index (χ0) is 12.1. The van der Waals surface area contributed by atoms with Gasteiger partial charge in [-0.25, -0.2) is 0 Å². The van der Waals surface area contributed by atoms with Crippen LogP contribution in [0.4, 0.5) is 0 Å². The summed E-state index contributed by atoms with van der Waals surface area (Å²) in [6.07, 6.45) is 7.00. The van der Waals surface area contributed by atoms with Crippen molar-refractivity contribution in [1.82, 2.24) is 10.2 Å². The van der Waals surface area contributed by atoms with Crippen LogP contribution >= 0.6 is 0 Å². The highest BCUT2D eigenvalue weighted by molar-refractivity contribution is 4.89. The first kappa shape index (κ1) is 13.3. The molecular weight excluding hydrogens is 212 g/mol. The number of hydrogen-bond donors (Lipinski definition) is 1. The van der Waals surface area contributed by atoms with Crippen molar-refractivity contribution in [3.8, 4) is 0 Å². The van der Waals surface area contributed by atoms with Crippen LogP contribution in [0.5, 0.6) is 0 Å². The Hall–Kier alpha value is -0.120. The van der Waals surface area contributed by atoms with Gasteiger partial charge in [0.15, 0.2) is 0 Å². The van der Waals surface area contributed by atoms with Gasteiger partial charge >= 0.3 is 0 Å². The van der Waals surface area contributed by atoms with Gasteiger partial charge in [-0.2, -0.15) is 0 Å². The molecule has 2 unspecified atom stereocenters. The van der Waals surface area contributed by atoms with Gasteiger partial charge in [-0.05, 0) is 32.1 Å². The zero-order valence-corrected chi connectivity index (χ0v) is 11.5. The van der Waals surface area contributed by atoms with Gasteiger partial charge in [0.25, 0.3) is 0 Å². The second-order valence-corrected chi connectivity index (χ2v) is 5.41. The summed E-state index contributed by atoms with van der Waals surface area (Å²) in [5.41, 5.74) is 0. The van der Waals surface area contributed by atoms with Crippen molar-refractivity contribution >= 4 is 0 Å². The molecule has 1 aliphatic heterocycles. The lowest BCUT2D eigenvalue weighted by Gasteiger charge is -2.37. The maximum atomic E-state index is 5.84. The average molecular weight is 240 g/mol. The van der Waals surface area contributed by atoms with E-state index in [-0.39, 0.29) is 0 Å². The zero-order valence-electron chi connectivity index (χ0n) is 11.5. The lowest BCUT2D eigenvalue weighted by atomic mass is 10.1. The number of morpholine rings is 1. The van der Waals surface area contributed by atoms with E-state index < -0.39 is 0 Å². The monoisotopic (exact) mass is 240 g/mol. The van der Waals surface area contributed by atoms with Crippen LogP contribution in [0.25, 0.3) is 0 Å². The Balaban J connectivity index is 1.71. The first-order valence-electron chi connectivity index (χ1n) is 7.44. The lowest BCUT2D eigenvalue weighted by molar-refractivity contribution is -0.0550. The standard InChI is InChI=1S/C14H28N2O/c1-3-12(4-2)15-8-9-16-10-11-17-14-7-5-6-13(14)16/h12-15H,3-11H2,1-2H3. The molecule has 0 aromatic carbocycles. The maximum absolute atomic E-state index is 5.84. The molecule has 3 nitrogen and oxygen atoms in total. The van der Waals surface area contributed by atoms with E-state index in [0.717, 1.165) is 19.7 Å². The quantitative estimate of drug-likeness (QED) is 0.769. The van der Waals surface area contributed by atoms with Crippen LogP contribution in [0, 0.1) is 0 Å². The molecule has 1 saturated carbocycles. The molecule has 0 amide bonds. The largest absolute Gasteiger partial charge is 0.375 e. The first-order chi connectivity index (χ1) is 8.35. The summed E-state index contributed by atoms with van der Waals surface area (Å²) in [7, 11) is 0. The molecule has 0 aromatic heterocycles. The third kappa shape index (κ3) is 3.43. The Bertz CT molecular complexity index is 218. The molecule has 1 saturated heterocycles. The molecule has 1 aliphatic carbocycles. The molecule has 0 bridgehead atoms. The van der Waals surface area contributed by atoms with E-state index in [1.165, 1.54) is 38.6 Å². The summed E-state index contributed by atoms with van der Waals surface area (Å²) >= 11 is 0. The van der Waals surface area contributed by atoms with Gasteiger partial charge in [0, 0.05) is 31.7 Å². The van der Waals surface area contributed by atoms with Crippen LogP contribution in [0.2, 0.25) is 0 Å². The minimum Gasteiger partial charge on any atom is -0.375 e. The minimum atomic E-state index is 0.539. The lowest BCUT2D eigenvalue weighted by Crippen LogP contribution is -2.50. The Morgan fingerprint density at radius 2 is 2.12 bits per heavy atom. The van der Waals surface area contributed by atoms with Crippen molar-refractivity contribution in [2.45, 2.75) is 64.1 Å². The molecular formula is C14H28N2O. The van der Waals surface area contributed by atoms with Crippen LogP contribution in [-0.4, -0.2) is 49.3 Å². The summed E-state index contributed by atoms with van der Waals surface area (Å²) in [6, 6.07) is 1.42. The molecule has 2 rings (SSSR count). The van der Waals surface area contributed by atoms with E-state index in [0.29, 0.717) is 18.2 Å². The number of nitrogens with zero attached hydrogens (tertiary/aromatic N) is 1. The summed E-state index contributed by atoms with van der Waals surface area (Å²) in [6.45, 7) is 8.93. The second kappa shape index (κ2) is 6.72. The molecule has 2 aliphatic rings. The third-order valence-corrected chi connectivity index (χ3v) is 4.41. The molecule has 1 heterocycles. The Kier molecular flexibility index (Phi) is 5.26. The predicted octanol–water partition coefficient (Wildman–Crippen LogP) is 2.02. The normalized spacial score (nSPS) is 29.8. The number of nitrogens with one attached hydrogen (secondary N) is 1. The van der Waals surface area contributed by atoms with Gasteiger partial charge in [-0.15, -0.1) is 0 Å². The Morgan fingerprint density at radius 1 is 1.29 bits per heavy atom. The van der Waals surface area contributed by atoms with Crippen LogP contribution < -0.4 is 5.32 Å². The number of ether oxygens (including phenoxy) is 1. The SMILES string of the molecule is CCC(CC)NCCN1CCOC2CCCC21. The van der Waals surface area contributed by atoms with Gasteiger partial charge in [-0.3, -0.25) is 4.90 Å². The molecule has 0 aromatic rings. The molecule has 0 radical (unpaired) electrons. The average Bonchev–Trinajstić information content (AvgIpc) is 2.83. The number of hydrogen-bond acceptors (Lipinski definition) is 3. The summed E-state index contributed by atoms with van der Waals surface area (Å²) in [5.74, 6) is 0. The number of fused-ring (bicyclic) bond motifs is 1. The van der Waals surface area contributed by atoms with Crippen molar-refractivity contribution < 1.29 is 4.74 Å². The van der Waals surface area contributed by atoms with Gasteiger partial charge < -0.3 is 10.1 Å². The van der Waals surface area contributed by atoms with Gasteiger partial charge in [0.2, 0.25) is 0 Å². The molecule has 3 heteroatoms. The van der Waals surface area contributed by atoms with Crippen LogP contribution in [0.3, 0.4) is 0 Å². The topological polar surface area (TPSA) is 24.5 Å². The third-order valence-electron chi connectivity index (χ3n) is 4.41. The molecule has 1 N–H and O–H groups in total. The summed E-state index contributed by atoms with van der Waals surface area (Å²) < 4.78 is 5.84. The molecule has 2 atom stereocenters. The fourth-order valence-electron chi connectivity index (χ4n) is 3.27. The Morgan fingerprint density at radius 3 is 2.88 bits per heavy atom. The van der Waals surface area contributed by atoms with E-state index in [2.05, 4.69) is 24.1 Å². The van der Waals surface area contributed by atoms with Crippen molar-refractivity contribution in [3.63, 3.8) is 0 Å². The molecule has 0 spiro atoms. The fraction of sp³-hybridized carbons (Fsp3) is 1.00. The minimum absolute atomic E-state index is 0.539. The van der Waals surface area contributed by atoms with E-state index in [4.69, 9.17) is 4.74 Å². The highest BCUT2D eigenvalue weighted by Gasteiger charge is 2.35. The van der Waals surface area contributed by atoms with E-state index >= 15 is 0 Å².